The van der Waals surface area contributed by atoms with Gasteiger partial charge >= 0.3 is 0 Å². The third-order valence-electron chi connectivity index (χ3n) is 2.17. The average molecular weight is 229 g/mol. The highest BCUT2D eigenvalue weighted by Crippen LogP contribution is 2.00. The number of allylic oxidation sites excluding steroid dienone is 5. The third-order valence-corrected chi connectivity index (χ3v) is 2.17. The smallest absolute Gasteiger partial charge is 0.0178 e. The van der Waals surface area contributed by atoms with Crippen molar-refractivity contribution in [1.82, 2.24) is 0 Å². The standard InChI is InChI=1S/C8H11N.C8H12/c1-7-2-4-8(6-9)5-3-7;1-4-6-8(3)7-5-2/h2-5H,6,9H2,1H3;4-7H,1H2,2-3H3/b;7-5-,8-6-. The van der Waals surface area contributed by atoms with Gasteiger partial charge in [0.15, 0.2) is 0 Å². The van der Waals surface area contributed by atoms with Gasteiger partial charge in [0, 0.05) is 6.54 Å². The van der Waals surface area contributed by atoms with E-state index in [2.05, 4.69) is 37.8 Å². The topological polar surface area (TPSA) is 26.0 Å². The van der Waals surface area contributed by atoms with Crippen LogP contribution in [0.3, 0.4) is 0 Å². The summed E-state index contributed by atoms with van der Waals surface area (Å²) in [6.45, 7) is 10.3. The second-order valence-corrected chi connectivity index (χ2v) is 3.84. The van der Waals surface area contributed by atoms with Gasteiger partial charge in [-0.2, -0.15) is 0 Å². The van der Waals surface area contributed by atoms with Crippen molar-refractivity contribution in [2.45, 2.75) is 27.3 Å². The van der Waals surface area contributed by atoms with Gasteiger partial charge in [-0.1, -0.05) is 66.3 Å². The van der Waals surface area contributed by atoms with Crippen LogP contribution in [0.15, 0.2) is 60.7 Å². The fourth-order valence-electron chi connectivity index (χ4n) is 1.23. The van der Waals surface area contributed by atoms with Crippen molar-refractivity contribution >= 4 is 0 Å². The minimum Gasteiger partial charge on any atom is -0.326 e. The van der Waals surface area contributed by atoms with Crippen LogP contribution in [0.25, 0.3) is 0 Å². The minimum absolute atomic E-state index is 0.639. The van der Waals surface area contributed by atoms with Crippen molar-refractivity contribution in [3.05, 3.63) is 71.8 Å². The van der Waals surface area contributed by atoms with E-state index in [9.17, 15) is 0 Å². The summed E-state index contributed by atoms with van der Waals surface area (Å²) in [7, 11) is 0. The number of hydrogen-bond acceptors (Lipinski definition) is 1. The molecule has 0 aliphatic carbocycles. The average Bonchev–Trinajstić information content (AvgIpc) is 2.32. The highest BCUT2D eigenvalue weighted by Gasteiger charge is 1.85. The summed E-state index contributed by atoms with van der Waals surface area (Å²) in [6, 6.07) is 8.25. The van der Waals surface area contributed by atoms with E-state index in [4.69, 9.17) is 5.73 Å². The summed E-state index contributed by atoms with van der Waals surface area (Å²) in [5.74, 6) is 0. The molecule has 0 unspecified atom stereocenters. The first-order chi connectivity index (χ1) is 8.13. The van der Waals surface area contributed by atoms with Gasteiger partial charge in [-0.15, -0.1) is 0 Å². The Morgan fingerprint density at radius 2 is 1.88 bits per heavy atom. The largest absolute Gasteiger partial charge is 0.326 e. The molecule has 1 aromatic rings. The zero-order valence-electron chi connectivity index (χ0n) is 11.1. The molecule has 1 heteroatoms. The third kappa shape index (κ3) is 8.23. The Morgan fingerprint density at radius 1 is 1.29 bits per heavy atom. The second-order valence-electron chi connectivity index (χ2n) is 3.84. The predicted octanol–water partition coefficient (Wildman–Crippen LogP) is 4.15. The molecule has 1 nitrogen and oxygen atoms in total. The molecule has 0 saturated heterocycles. The summed E-state index contributed by atoms with van der Waals surface area (Å²) >= 11 is 0. The van der Waals surface area contributed by atoms with E-state index in [0.29, 0.717) is 6.54 Å². The highest BCUT2D eigenvalue weighted by atomic mass is 14.5. The summed E-state index contributed by atoms with van der Waals surface area (Å²) in [4.78, 5) is 0. The Labute approximate surface area is 105 Å². The van der Waals surface area contributed by atoms with Crippen molar-refractivity contribution in [1.29, 1.82) is 0 Å². The van der Waals surface area contributed by atoms with E-state index in [1.165, 1.54) is 16.7 Å². The summed E-state index contributed by atoms with van der Waals surface area (Å²) in [5, 5.41) is 0. The van der Waals surface area contributed by atoms with Crippen LogP contribution in [0, 0.1) is 6.92 Å². The van der Waals surface area contributed by atoms with Gasteiger partial charge in [0.1, 0.15) is 0 Å². The van der Waals surface area contributed by atoms with Gasteiger partial charge in [0.05, 0.1) is 0 Å². The Kier molecular flexibility index (Phi) is 8.71. The first kappa shape index (κ1) is 15.4. The van der Waals surface area contributed by atoms with E-state index in [1.807, 2.05) is 32.1 Å². The molecule has 0 saturated carbocycles. The van der Waals surface area contributed by atoms with E-state index in [0.717, 1.165) is 0 Å². The van der Waals surface area contributed by atoms with Crippen molar-refractivity contribution in [3.63, 3.8) is 0 Å². The van der Waals surface area contributed by atoms with E-state index >= 15 is 0 Å². The van der Waals surface area contributed by atoms with Gasteiger partial charge in [0.25, 0.3) is 0 Å². The molecule has 0 spiro atoms. The molecule has 1 aromatic carbocycles. The zero-order chi connectivity index (χ0) is 13.1. The Bertz CT molecular complexity index is 369. The Morgan fingerprint density at radius 3 is 2.29 bits per heavy atom. The molecule has 0 aliphatic heterocycles. The lowest BCUT2D eigenvalue weighted by molar-refractivity contribution is 1.07. The van der Waals surface area contributed by atoms with Crippen molar-refractivity contribution < 1.29 is 0 Å². The SMILES string of the molecule is C=C/C=C(C)\C=C/C.Cc1ccc(CN)cc1. The number of nitrogens with two attached hydrogens (primary N) is 1. The van der Waals surface area contributed by atoms with Crippen LogP contribution in [0.4, 0.5) is 0 Å². The summed E-state index contributed by atoms with van der Waals surface area (Å²) in [6.07, 6.45) is 7.81. The Balaban J connectivity index is 0.000000304. The molecule has 0 bridgehead atoms. The van der Waals surface area contributed by atoms with Gasteiger partial charge in [-0.3, -0.25) is 0 Å². The molecule has 2 N–H and O–H groups in total. The van der Waals surface area contributed by atoms with Gasteiger partial charge < -0.3 is 5.73 Å². The molecule has 0 heterocycles. The second kappa shape index (κ2) is 9.61. The van der Waals surface area contributed by atoms with Crippen LogP contribution in [-0.2, 0) is 6.54 Å². The fraction of sp³-hybridized carbons (Fsp3) is 0.250. The highest BCUT2D eigenvalue weighted by molar-refractivity contribution is 5.21. The summed E-state index contributed by atoms with van der Waals surface area (Å²) in [5.41, 5.74) is 9.12. The monoisotopic (exact) mass is 229 g/mol. The molecule has 0 atom stereocenters. The molecule has 92 valence electrons. The lowest BCUT2D eigenvalue weighted by atomic mass is 10.2. The molecule has 1 rings (SSSR count). The molecular weight excluding hydrogens is 206 g/mol. The molecule has 17 heavy (non-hydrogen) atoms. The van der Waals surface area contributed by atoms with Gasteiger partial charge in [-0.25, -0.2) is 0 Å². The molecule has 0 aliphatic rings. The van der Waals surface area contributed by atoms with Gasteiger partial charge in [0.2, 0.25) is 0 Å². The van der Waals surface area contributed by atoms with Crippen LogP contribution >= 0.6 is 0 Å². The Hall–Kier alpha value is -1.60. The number of benzene rings is 1. The van der Waals surface area contributed by atoms with Crippen molar-refractivity contribution in [2.75, 3.05) is 0 Å². The van der Waals surface area contributed by atoms with Crippen LogP contribution in [-0.4, -0.2) is 0 Å². The van der Waals surface area contributed by atoms with Crippen LogP contribution in [0.1, 0.15) is 25.0 Å². The molecule has 0 radical (unpaired) electrons. The molecule has 0 aromatic heterocycles. The number of rotatable bonds is 3. The number of aryl methyl sites for hydroxylation is 1. The quantitative estimate of drug-likeness (QED) is 0.774. The molecular formula is C16H23N. The van der Waals surface area contributed by atoms with Gasteiger partial charge in [-0.05, 0) is 26.3 Å². The van der Waals surface area contributed by atoms with E-state index < -0.39 is 0 Å². The minimum atomic E-state index is 0.639. The summed E-state index contributed by atoms with van der Waals surface area (Å²) < 4.78 is 0. The van der Waals surface area contributed by atoms with Crippen LogP contribution < -0.4 is 5.73 Å². The zero-order valence-corrected chi connectivity index (χ0v) is 11.1. The maximum absolute atomic E-state index is 5.40. The lowest BCUT2D eigenvalue weighted by Crippen LogP contribution is -1.94. The lowest BCUT2D eigenvalue weighted by Gasteiger charge is -1.94. The first-order valence-electron chi connectivity index (χ1n) is 5.81. The maximum Gasteiger partial charge on any atom is 0.0178 e. The van der Waals surface area contributed by atoms with E-state index in [1.54, 1.807) is 6.08 Å². The molecule has 0 fully saturated rings. The van der Waals surface area contributed by atoms with Crippen molar-refractivity contribution in [3.8, 4) is 0 Å². The maximum atomic E-state index is 5.40. The van der Waals surface area contributed by atoms with E-state index in [-0.39, 0.29) is 0 Å². The van der Waals surface area contributed by atoms with Crippen molar-refractivity contribution in [2.24, 2.45) is 5.73 Å². The first-order valence-corrected chi connectivity index (χ1v) is 5.81. The van der Waals surface area contributed by atoms with Crippen LogP contribution in [0.5, 0.6) is 0 Å². The van der Waals surface area contributed by atoms with Crippen LogP contribution in [0.2, 0.25) is 0 Å². The normalized spacial score (nSPS) is 10.9. The number of hydrogen-bond donors (Lipinski definition) is 1. The predicted molar refractivity (Wildman–Crippen MR) is 77.8 cm³/mol. The molecule has 0 amide bonds. The fourth-order valence-corrected chi connectivity index (χ4v) is 1.23.